The van der Waals surface area contributed by atoms with Gasteiger partial charge in [0.25, 0.3) is 0 Å². The molecule has 3 aromatic carbocycles. The summed E-state index contributed by atoms with van der Waals surface area (Å²) in [6.07, 6.45) is 0.660. The Balaban J connectivity index is 1.62. The zero-order valence-corrected chi connectivity index (χ0v) is 20.2. The molecule has 1 aliphatic heterocycles. The molecular formula is C28H26F2N2O4. The van der Waals surface area contributed by atoms with E-state index in [1.807, 2.05) is 36.4 Å². The van der Waals surface area contributed by atoms with E-state index in [2.05, 4.69) is 10.6 Å². The Morgan fingerprint density at radius 3 is 2.22 bits per heavy atom. The molecule has 0 saturated heterocycles. The molecule has 8 heteroatoms. The Labute approximate surface area is 207 Å². The first-order valence-corrected chi connectivity index (χ1v) is 11.6. The molecule has 1 heterocycles. The number of benzene rings is 3. The van der Waals surface area contributed by atoms with Crippen molar-refractivity contribution in [2.75, 3.05) is 32.0 Å². The number of carbonyl (C=O) groups is 1. The lowest BCUT2D eigenvalue weighted by Gasteiger charge is -2.30. The van der Waals surface area contributed by atoms with Gasteiger partial charge in [-0.15, -0.1) is 0 Å². The molecule has 186 valence electrons. The summed E-state index contributed by atoms with van der Waals surface area (Å²) in [5.74, 6) is -0.0336. The number of anilines is 2. The number of allylic oxidation sites excluding steroid dienone is 1. The average Bonchev–Trinajstić information content (AvgIpc) is 3.06. The fraction of sp³-hybridized carbons (Fsp3) is 0.250. The molecule has 0 spiro atoms. The van der Waals surface area contributed by atoms with Gasteiger partial charge in [-0.2, -0.15) is 0 Å². The molecule has 0 aromatic heterocycles. The highest BCUT2D eigenvalue weighted by Crippen LogP contribution is 2.47. The highest BCUT2D eigenvalue weighted by atomic mass is 19.1. The molecule has 2 atom stereocenters. The van der Waals surface area contributed by atoms with Gasteiger partial charge >= 0.3 is 0 Å². The van der Waals surface area contributed by atoms with E-state index in [-0.39, 0.29) is 23.7 Å². The molecule has 0 unspecified atom stereocenters. The largest absolute Gasteiger partial charge is 0.493 e. The van der Waals surface area contributed by atoms with Gasteiger partial charge in [0.2, 0.25) is 5.75 Å². The molecule has 0 bridgehead atoms. The van der Waals surface area contributed by atoms with Crippen molar-refractivity contribution in [1.29, 1.82) is 0 Å². The highest BCUT2D eigenvalue weighted by molar-refractivity contribution is 6.01. The minimum atomic E-state index is -0.847. The van der Waals surface area contributed by atoms with Crippen LogP contribution in [0.15, 0.2) is 65.9 Å². The van der Waals surface area contributed by atoms with E-state index in [0.717, 1.165) is 29.4 Å². The monoisotopic (exact) mass is 492 g/mol. The number of hydrogen-bond acceptors (Lipinski definition) is 6. The van der Waals surface area contributed by atoms with Crippen molar-refractivity contribution in [1.82, 2.24) is 0 Å². The maximum absolute atomic E-state index is 14.9. The fourth-order valence-electron chi connectivity index (χ4n) is 5.03. The number of hydrogen-bond donors (Lipinski definition) is 2. The van der Waals surface area contributed by atoms with Crippen LogP contribution < -0.4 is 24.8 Å². The first-order valence-electron chi connectivity index (χ1n) is 11.6. The second kappa shape index (κ2) is 9.53. The predicted molar refractivity (Wildman–Crippen MR) is 133 cm³/mol. The number of rotatable bonds is 5. The Kier molecular flexibility index (Phi) is 6.26. The quantitative estimate of drug-likeness (QED) is 0.457. The first-order chi connectivity index (χ1) is 17.4. The number of halogens is 2. The molecular weight excluding hydrogens is 466 g/mol. The van der Waals surface area contributed by atoms with Crippen LogP contribution in [0.2, 0.25) is 0 Å². The minimum absolute atomic E-state index is 0.0839. The van der Waals surface area contributed by atoms with Crippen molar-refractivity contribution in [3.8, 4) is 17.2 Å². The number of fused-ring (bicyclic) bond motifs is 1. The lowest BCUT2D eigenvalue weighted by Crippen LogP contribution is -2.27. The van der Waals surface area contributed by atoms with Gasteiger partial charge in [0.1, 0.15) is 11.6 Å². The van der Waals surface area contributed by atoms with Crippen molar-refractivity contribution in [3.05, 3.63) is 88.6 Å². The summed E-state index contributed by atoms with van der Waals surface area (Å²) in [6, 6.07) is 13.6. The maximum Gasteiger partial charge on any atom is 0.203 e. The summed E-state index contributed by atoms with van der Waals surface area (Å²) in [6.45, 7) is 0. The first kappa shape index (κ1) is 23.7. The number of methoxy groups -OCH3 is 3. The standard InChI is InChI=1S/C28H26F2N2O4/c1-34-24-12-16(13-25(35-2)28(24)36-3)15-10-22-26(23(33)11-15)27(18-14-17(29)8-9-19(18)30)32-21-7-5-4-6-20(21)31-22/h4-9,12-15,27,31-32H,10-11H2,1-3H3/t15-,27+/m0/s1. The van der Waals surface area contributed by atoms with Gasteiger partial charge in [-0.25, -0.2) is 8.78 Å². The van der Waals surface area contributed by atoms with Gasteiger partial charge in [-0.3, -0.25) is 4.79 Å². The number of para-hydroxylation sites is 2. The van der Waals surface area contributed by atoms with Crippen LogP contribution in [0.4, 0.5) is 20.2 Å². The minimum Gasteiger partial charge on any atom is -0.493 e. The van der Waals surface area contributed by atoms with Crippen molar-refractivity contribution in [3.63, 3.8) is 0 Å². The van der Waals surface area contributed by atoms with Crippen molar-refractivity contribution < 1.29 is 27.8 Å². The van der Waals surface area contributed by atoms with Crippen LogP contribution in [0.25, 0.3) is 0 Å². The van der Waals surface area contributed by atoms with Crippen molar-refractivity contribution in [2.24, 2.45) is 0 Å². The Morgan fingerprint density at radius 2 is 1.56 bits per heavy atom. The van der Waals surface area contributed by atoms with E-state index >= 15 is 0 Å². The summed E-state index contributed by atoms with van der Waals surface area (Å²) in [7, 11) is 4.62. The molecule has 0 fully saturated rings. The predicted octanol–water partition coefficient (Wildman–Crippen LogP) is 5.97. The van der Waals surface area contributed by atoms with E-state index in [0.29, 0.717) is 40.6 Å². The average molecular weight is 493 g/mol. The van der Waals surface area contributed by atoms with Gasteiger partial charge in [-0.05, 0) is 60.4 Å². The summed E-state index contributed by atoms with van der Waals surface area (Å²) >= 11 is 0. The molecule has 2 aliphatic rings. The molecule has 36 heavy (non-hydrogen) atoms. The summed E-state index contributed by atoms with van der Waals surface area (Å²) < 4.78 is 45.5. The maximum atomic E-state index is 14.9. The van der Waals surface area contributed by atoms with Crippen LogP contribution in [0.3, 0.4) is 0 Å². The topological polar surface area (TPSA) is 68.8 Å². The third-order valence-corrected chi connectivity index (χ3v) is 6.74. The van der Waals surface area contributed by atoms with Crippen molar-refractivity contribution >= 4 is 17.2 Å². The van der Waals surface area contributed by atoms with E-state index in [1.165, 1.54) is 7.11 Å². The van der Waals surface area contributed by atoms with Gasteiger partial charge in [0.15, 0.2) is 17.3 Å². The fourth-order valence-corrected chi connectivity index (χ4v) is 5.03. The number of ketones is 1. The Hall–Kier alpha value is -4.07. The molecule has 0 saturated carbocycles. The molecule has 0 radical (unpaired) electrons. The molecule has 6 nitrogen and oxygen atoms in total. The molecule has 1 aliphatic carbocycles. The Bertz CT molecular complexity index is 1350. The van der Waals surface area contributed by atoms with Gasteiger partial charge in [-0.1, -0.05) is 12.1 Å². The SMILES string of the molecule is COc1cc([C@@H]2CC(=O)C3=C(C2)Nc2ccccc2N[C@@H]3c2cc(F)ccc2F)cc(OC)c1OC. The van der Waals surface area contributed by atoms with Crippen LogP contribution in [-0.2, 0) is 4.79 Å². The van der Waals surface area contributed by atoms with Gasteiger partial charge in [0.05, 0.1) is 38.7 Å². The van der Waals surface area contributed by atoms with Crippen LogP contribution in [-0.4, -0.2) is 27.1 Å². The van der Waals surface area contributed by atoms with Gasteiger partial charge in [0, 0.05) is 23.3 Å². The summed E-state index contributed by atoms with van der Waals surface area (Å²) in [5, 5.41) is 6.67. The molecule has 0 amide bonds. The normalized spacial score (nSPS) is 18.9. The Morgan fingerprint density at radius 1 is 0.861 bits per heavy atom. The number of Topliss-reactive ketones (excluding diaryl/α,β-unsaturated/α-hetero) is 1. The highest BCUT2D eigenvalue weighted by Gasteiger charge is 2.37. The smallest absolute Gasteiger partial charge is 0.203 e. The zero-order valence-electron chi connectivity index (χ0n) is 20.2. The van der Waals surface area contributed by atoms with Crippen LogP contribution >= 0.6 is 0 Å². The summed E-state index contributed by atoms with van der Waals surface area (Å²) in [4.78, 5) is 13.7. The lowest BCUT2D eigenvalue weighted by molar-refractivity contribution is -0.116. The van der Waals surface area contributed by atoms with E-state index in [4.69, 9.17) is 14.2 Å². The van der Waals surface area contributed by atoms with Crippen LogP contribution in [0.5, 0.6) is 17.2 Å². The molecule has 2 N–H and O–H groups in total. The van der Waals surface area contributed by atoms with E-state index in [9.17, 15) is 13.6 Å². The number of carbonyl (C=O) groups excluding carboxylic acids is 1. The second-order valence-electron chi connectivity index (χ2n) is 8.79. The van der Waals surface area contributed by atoms with E-state index < -0.39 is 17.7 Å². The number of nitrogens with one attached hydrogen (secondary N) is 2. The molecule has 5 rings (SSSR count). The summed E-state index contributed by atoms with van der Waals surface area (Å²) in [5.41, 5.74) is 3.45. The van der Waals surface area contributed by atoms with Crippen molar-refractivity contribution in [2.45, 2.75) is 24.8 Å². The second-order valence-corrected chi connectivity index (χ2v) is 8.79. The number of ether oxygens (including phenoxy) is 3. The lowest BCUT2D eigenvalue weighted by atomic mass is 9.78. The van der Waals surface area contributed by atoms with Gasteiger partial charge < -0.3 is 24.8 Å². The van der Waals surface area contributed by atoms with Crippen LogP contribution in [0, 0.1) is 11.6 Å². The molecule has 3 aromatic rings. The zero-order chi connectivity index (χ0) is 25.4. The third-order valence-electron chi connectivity index (χ3n) is 6.74. The van der Waals surface area contributed by atoms with Crippen LogP contribution in [0.1, 0.15) is 35.9 Å². The van der Waals surface area contributed by atoms with E-state index in [1.54, 1.807) is 14.2 Å². The third kappa shape index (κ3) is 4.12.